The van der Waals surface area contributed by atoms with Crippen molar-refractivity contribution in [1.29, 1.82) is 0 Å². The molecule has 0 aliphatic rings. The van der Waals surface area contributed by atoms with Gasteiger partial charge in [-0.25, -0.2) is 0 Å². The predicted octanol–water partition coefficient (Wildman–Crippen LogP) is 5.85. The van der Waals surface area contributed by atoms with Crippen molar-refractivity contribution in [1.82, 2.24) is 0 Å². The van der Waals surface area contributed by atoms with Crippen LogP contribution in [0.5, 0.6) is 0 Å². The van der Waals surface area contributed by atoms with Crippen LogP contribution in [0.3, 0.4) is 0 Å². The molecule has 0 radical (unpaired) electrons. The number of hydrogen-bond acceptors (Lipinski definition) is 2. The molecular formula is C20H16S2. The topological polar surface area (TPSA) is 0 Å². The Kier molecular flexibility index (Phi) is 4.71. The zero-order valence-corrected chi connectivity index (χ0v) is 13.8. The molecule has 22 heavy (non-hydrogen) atoms. The summed E-state index contributed by atoms with van der Waals surface area (Å²) in [7, 11) is 0. The van der Waals surface area contributed by atoms with Gasteiger partial charge in [-0.1, -0.05) is 54.6 Å². The van der Waals surface area contributed by atoms with Gasteiger partial charge >= 0.3 is 0 Å². The summed E-state index contributed by atoms with van der Waals surface area (Å²) in [5, 5.41) is 0. The van der Waals surface area contributed by atoms with Crippen LogP contribution in [0.2, 0.25) is 0 Å². The Morgan fingerprint density at radius 3 is 1.50 bits per heavy atom. The van der Waals surface area contributed by atoms with Crippen LogP contribution in [0.4, 0.5) is 0 Å². The molecule has 0 fully saturated rings. The maximum Gasteiger partial charge on any atom is 0.00404 e. The molecule has 0 heterocycles. The Labute approximate surface area is 142 Å². The summed E-state index contributed by atoms with van der Waals surface area (Å²) in [6.07, 6.45) is 2.21. The van der Waals surface area contributed by atoms with Crippen molar-refractivity contribution < 1.29 is 0 Å². The fourth-order valence-electron chi connectivity index (χ4n) is 2.33. The smallest absolute Gasteiger partial charge is 0.00404 e. The van der Waals surface area contributed by atoms with E-state index in [1.165, 1.54) is 22.3 Å². The van der Waals surface area contributed by atoms with Crippen LogP contribution in [0.15, 0.2) is 88.7 Å². The molecule has 0 bridgehead atoms. The van der Waals surface area contributed by atoms with E-state index in [4.69, 9.17) is 0 Å². The minimum Gasteiger partial charge on any atom is -0.143 e. The first-order chi connectivity index (χ1) is 10.7. The Balaban J connectivity index is 2.11. The first-order valence-corrected chi connectivity index (χ1v) is 7.97. The van der Waals surface area contributed by atoms with Crippen molar-refractivity contribution in [3.05, 3.63) is 95.6 Å². The lowest BCUT2D eigenvalue weighted by Gasteiger charge is -2.10. The molecule has 0 atom stereocenters. The maximum atomic E-state index is 4.37. The van der Waals surface area contributed by atoms with Crippen LogP contribution in [0.25, 0.3) is 11.6 Å². The highest BCUT2D eigenvalue weighted by Gasteiger charge is 2.05. The van der Waals surface area contributed by atoms with Gasteiger partial charge < -0.3 is 0 Å². The summed E-state index contributed by atoms with van der Waals surface area (Å²) in [5.74, 6) is 0. The molecule has 0 nitrogen and oxygen atoms in total. The average Bonchev–Trinajstić information content (AvgIpc) is 2.56. The Morgan fingerprint density at radius 2 is 1.05 bits per heavy atom. The van der Waals surface area contributed by atoms with Crippen molar-refractivity contribution in [2.75, 3.05) is 0 Å². The van der Waals surface area contributed by atoms with Gasteiger partial charge in [-0.05, 0) is 52.6 Å². The van der Waals surface area contributed by atoms with Gasteiger partial charge in [-0.3, -0.25) is 0 Å². The summed E-state index contributed by atoms with van der Waals surface area (Å²) in [6.45, 7) is 0. The van der Waals surface area contributed by atoms with Crippen LogP contribution in [0.1, 0.15) is 16.7 Å². The zero-order chi connectivity index (χ0) is 15.4. The van der Waals surface area contributed by atoms with Gasteiger partial charge in [0.15, 0.2) is 0 Å². The van der Waals surface area contributed by atoms with Crippen molar-refractivity contribution in [2.24, 2.45) is 0 Å². The van der Waals surface area contributed by atoms with E-state index in [1.54, 1.807) is 0 Å². The third-order valence-corrected chi connectivity index (χ3v) is 4.06. The normalized spacial score (nSPS) is 10.3. The van der Waals surface area contributed by atoms with E-state index in [9.17, 15) is 0 Å². The molecule has 0 N–H and O–H groups in total. The van der Waals surface area contributed by atoms with Crippen LogP contribution >= 0.6 is 25.3 Å². The number of hydrogen-bond donors (Lipinski definition) is 2. The highest BCUT2D eigenvalue weighted by molar-refractivity contribution is 7.80. The minimum atomic E-state index is 0.966. The monoisotopic (exact) mass is 320 g/mol. The molecule has 0 saturated heterocycles. The molecule has 0 saturated carbocycles. The lowest BCUT2D eigenvalue weighted by molar-refractivity contribution is 1.42. The van der Waals surface area contributed by atoms with Gasteiger partial charge in [0.05, 0.1) is 0 Å². The van der Waals surface area contributed by atoms with Crippen LogP contribution < -0.4 is 0 Å². The number of benzene rings is 3. The van der Waals surface area contributed by atoms with E-state index < -0.39 is 0 Å². The molecule has 0 aliphatic carbocycles. The van der Waals surface area contributed by atoms with Gasteiger partial charge in [0.1, 0.15) is 0 Å². The third-order valence-electron chi connectivity index (χ3n) is 3.47. The lowest BCUT2D eigenvalue weighted by Crippen LogP contribution is -1.88. The number of thiol groups is 2. The van der Waals surface area contributed by atoms with Crippen molar-refractivity contribution in [3.63, 3.8) is 0 Å². The van der Waals surface area contributed by atoms with Gasteiger partial charge in [0.25, 0.3) is 0 Å². The molecule has 3 rings (SSSR count). The third kappa shape index (κ3) is 3.65. The van der Waals surface area contributed by atoms with Crippen LogP contribution in [-0.2, 0) is 0 Å². The fraction of sp³-hybridized carbons (Fsp3) is 0. The first-order valence-electron chi connectivity index (χ1n) is 7.08. The zero-order valence-electron chi connectivity index (χ0n) is 12.0. The molecule has 0 spiro atoms. The first kappa shape index (κ1) is 15.0. The Bertz CT molecular complexity index is 723. The highest BCUT2D eigenvalue weighted by atomic mass is 32.1. The van der Waals surface area contributed by atoms with E-state index in [0.29, 0.717) is 0 Å². The number of rotatable bonds is 3. The predicted molar refractivity (Wildman–Crippen MR) is 101 cm³/mol. The molecule has 108 valence electrons. The van der Waals surface area contributed by atoms with Crippen LogP contribution in [-0.4, -0.2) is 0 Å². The van der Waals surface area contributed by atoms with Crippen molar-refractivity contribution in [3.8, 4) is 0 Å². The molecule has 0 aliphatic heterocycles. The van der Waals surface area contributed by atoms with E-state index in [1.807, 2.05) is 30.3 Å². The van der Waals surface area contributed by atoms with Crippen LogP contribution in [0, 0.1) is 0 Å². The Morgan fingerprint density at radius 1 is 0.591 bits per heavy atom. The van der Waals surface area contributed by atoms with Gasteiger partial charge in [0.2, 0.25) is 0 Å². The van der Waals surface area contributed by atoms with E-state index in [-0.39, 0.29) is 0 Å². The standard InChI is InChI=1S/C20H16S2/c21-18-10-6-16(7-11-18)20(14-15-4-2-1-3-5-15)17-8-12-19(22)13-9-17/h1-14,21-22H. The van der Waals surface area contributed by atoms with Gasteiger partial charge in [-0.15, -0.1) is 25.3 Å². The second-order valence-corrected chi connectivity index (χ2v) is 6.10. The SMILES string of the molecule is Sc1ccc(C(=Cc2ccccc2)c2ccc(S)cc2)cc1. The molecule has 2 heteroatoms. The van der Waals surface area contributed by atoms with Gasteiger partial charge in [0, 0.05) is 9.79 Å². The molecule has 0 aromatic heterocycles. The lowest BCUT2D eigenvalue weighted by atomic mass is 9.96. The summed E-state index contributed by atoms with van der Waals surface area (Å²) >= 11 is 8.74. The molecular weight excluding hydrogens is 304 g/mol. The van der Waals surface area contributed by atoms with E-state index in [0.717, 1.165) is 9.79 Å². The van der Waals surface area contributed by atoms with Gasteiger partial charge in [-0.2, -0.15) is 0 Å². The minimum absolute atomic E-state index is 0.966. The average molecular weight is 320 g/mol. The summed E-state index contributed by atoms with van der Waals surface area (Å²) < 4.78 is 0. The fourth-order valence-corrected chi connectivity index (χ4v) is 2.63. The second-order valence-electron chi connectivity index (χ2n) is 5.06. The summed E-state index contributed by atoms with van der Waals surface area (Å²) in [5.41, 5.74) is 4.72. The van der Waals surface area contributed by atoms with Crippen molar-refractivity contribution in [2.45, 2.75) is 9.79 Å². The maximum absolute atomic E-state index is 4.37. The molecule has 3 aromatic carbocycles. The van der Waals surface area contributed by atoms with Crippen molar-refractivity contribution >= 4 is 36.9 Å². The Hall–Kier alpha value is -1.90. The molecule has 3 aromatic rings. The summed E-state index contributed by atoms with van der Waals surface area (Å²) in [6, 6.07) is 26.8. The van der Waals surface area contributed by atoms with E-state index in [2.05, 4.69) is 79.9 Å². The largest absolute Gasteiger partial charge is 0.143 e. The molecule has 0 unspecified atom stereocenters. The second kappa shape index (κ2) is 6.91. The summed E-state index contributed by atoms with van der Waals surface area (Å²) in [4.78, 5) is 1.93. The molecule has 0 amide bonds. The highest BCUT2D eigenvalue weighted by Crippen LogP contribution is 2.27. The van der Waals surface area contributed by atoms with E-state index >= 15 is 0 Å². The quantitative estimate of drug-likeness (QED) is 0.439.